The molecule has 2 aromatic rings. The van der Waals surface area contributed by atoms with Gasteiger partial charge < -0.3 is 24.1 Å². The third kappa shape index (κ3) is 10.2. The topological polar surface area (TPSA) is 115 Å². The second-order valence-corrected chi connectivity index (χ2v) is 9.02. The van der Waals surface area contributed by atoms with E-state index in [0.717, 1.165) is 6.07 Å². The van der Waals surface area contributed by atoms with E-state index in [1.165, 1.54) is 45.0 Å². The smallest absolute Gasteiger partial charge is 0.423 e. The van der Waals surface area contributed by atoms with Gasteiger partial charge in [0, 0.05) is 19.5 Å². The summed E-state index contributed by atoms with van der Waals surface area (Å²) in [5, 5.41) is 17.1. The van der Waals surface area contributed by atoms with Crippen molar-refractivity contribution in [1.82, 2.24) is 4.98 Å². The Morgan fingerprint density at radius 1 is 0.973 bits per heavy atom. The number of hydrogen-bond acceptors (Lipinski definition) is 8. The Kier molecular flexibility index (Phi) is 11.0. The minimum atomic E-state index is -4.48. The van der Waals surface area contributed by atoms with Crippen molar-refractivity contribution in [2.45, 2.75) is 65.8 Å². The van der Waals surface area contributed by atoms with Crippen molar-refractivity contribution in [3.63, 3.8) is 0 Å². The summed E-state index contributed by atoms with van der Waals surface area (Å²) in [4.78, 5) is 23.1. The van der Waals surface area contributed by atoms with E-state index in [0.29, 0.717) is 10.9 Å². The van der Waals surface area contributed by atoms with E-state index in [9.17, 15) is 27.2 Å². The summed E-state index contributed by atoms with van der Waals surface area (Å²) < 4.78 is 66.1. The number of aromatic nitrogens is 1. The number of carbonyl (C=O) groups is 2. The van der Waals surface area contributed by atoms with Gasteiger partial charge >= 0.3 is 32.4 Å². The first-order valence-corrected chi connectivity index (χ1v) is 11.0. The maximum atomic E-state index is 12.8. The fourth-order valence-corrected chi connectivity index (χ4v) is 2.79. The zero-order valence-electron chi connectivity index (χ0n) is 21.5. The molecule has 2 N–H and O–H groups in total. The monoisotopic (exact) mass is 529 g/mol. The SMILES string of the molecule is CC(=O)OC(C)=O.Cc1cc(B2OC(C)(C)C(C)(C)O2)cc(C(F)(F)F)n1.OB(O)c1ccc(F)cc1. The molecule has 8 nitrogen and oxygen atoms in total. The molecule has 2 heterocycles. The molecule has 3 rings (SSSR count). The van der Waals surface area contributed by atoms with Crippen LogP contribution < -0.4 is 10.9 Å². The van der Waals surface area contributed by atoms with Gasteiger partial charge in [-0.05, 0) is 69.8 Å². The number of pyridine rings is 1. The van der Waals surface area contributed by atoms with Crippen LogP contribution in [-0.2, 0) is 29.8 Å². The summed E-state index contributed by atoms with van der Waals surface area (Å²) in [6.45, 7) is 11.3. The maximum absolute atomic E-state index is 12.8. The van der Waals surface area contributed by atoms with Crippen LogP contribution in [-0.4, -0.2) is 52.4 Å². The van der Waals surface area contributed by atoms with Crippen LogP contribution in [0.4, 0.5) is 17.6 Å². The van der Waals surface area contributed by atoms with Crippen molar-refractivity contribution < 1.29 is 51.2 Å². The van der Waals surface area contributed by atoms with Gasteiger partial charge in [0.15, 0.2) is 0 Å². The molecule has 0 saturated carbocycles. The Labute approximate surface area is 213 Å². The van der Waals surface area contributed by atoms with Crippen molar-refractivity contribution in [3.05, 3.63) is 53.6 Å². The van der Waals surface area contributed by atoms with Crippen LogP contribution in [0.3, 0.4) is 0 Å². The highest BCUT2D eigenvalue weighted by molar-refractivity contribution is 6.62. The van der Waals surface area contributed by atoms with E-state index in [1.807, 2.05) is 27.7 Å². The third-order valence-corrected chi connectivity index (χ3v) is 5.25. The second kappa shape index (κ2) is 12.6. The van der Waals surface area contributed by atoms with Gasteiger partial charge in [0.25, 0.3) is 0 Å². The molecule has 14 heteroatoms. The van der Waals surface area contributed by atoms with Crippen molar-refractivity contribution in [2.24, 2.45) is 0 Å². The number of rotatable bonds is 2. The summed E-state index contributed by atoms with van der Waals surface area (Å²) >= 11 is 0. The Morgan fingerprint density at radius 2 is 1.43 bits per heavy atom. The van der Waals surface area contributed by atoms with Crippen LogP contribution in [0, 0.1) is 12.7 Å². The lowest BCUT2D eigenvalue weighted by Gasteiger charge is -2.32. The van der Waals surface area contributed by atoms with Gasteiger partial charge in [-0.2, -0.15) is 13.2 Å². The Hall–Kier alpha value is -2.80. The number of alkyl halides is 3. The number of ether oxygens (including phenoxy) is 1. The molecule has 202 valence electrons. The van der Waals surface area contributed by atoms with Crippen LogP contribution >= 0.6 is 0 Å². The van der Waals surface area contributed by atoms with Crippen LogP contribution in [0.25, 0.3) is 0 Å². The standard InChI is InChI=1S/C13H17BF3NO2.C6H6BFO2.C4H6O3/c1-8-6-9(7-10(18-8)13(15,16)17)14-19-11(2,3)12(4,5)20-14;8-6-3-1-5(2-4-6)7(9)10;1-3(5)7-4(2)6/h6-7H,1-5H3;1-4,9-10H;1-2H3. The van der Waals surface area contributed by atoms with E-state index >= 15 is 0 Å². The lowest BCUT2D eigenvalue weighted by atomic mass is 9.79. The summed E-state index contributed by atoms with van der Waals surface area (Å²) in [5.41, 5.74) is -1.20. The highest BCUT2D eigenvalue weighted by atomic mass is 19.4. The van der Waals surface area contributed by atoms with Gasteiger partial charge in [-0.3, -0.25) is 9.59 Å². The molecule has 0 spiro atoms. The average molecular weight is 529 g/mol. The van der Waals surface area contributed by atoms with Gasteiger partial charge in [0.2, 0.25) is 0 Å². The molecule has 1 aliphatic heterocycles. The van der Waals surface area contributed by atoms with Crippen LogP contribution in [0.1, 0.15) is 52.9 Å². The molecule has 1 aromatic carbocycles. The largest absolute Gasteiger partial charge is 0.494 e. The third-order valence-electron chi connectivity index (χ3n) is 5.25. The van der Waals surface area contributed by atoms with E-state index < -0.39 is 49.2 Å². The van der Waals surface area contributed by atoms with Gasteiger partial charge in [0.1, 0.15) is 11.5 Å². The summed E-state index contributed by atoms with van der Waals surface area (Å²) in [5.74, 6) is -1.51. The predicted molar refractivity (Wildman–Crippen MR) is 128 cm³/mol. The normalized spacial score (nSPS) is 15.5. The molecule has 0 amide bonds. The van der Waals surface area contributed by atoms with Crippen molar-refractivity contribution in [3.8, 4) is 0 Å². The van der Waals surface area contributed by atoms with Gasteiger partial charge in [-0.15, -0.1) is 0 Å². The zero-order valence-corrected chi connectivity index (χ0v) is 21.5. The minimum absolute atomic E-state index is 0.282. The first kappa shape index (κ1) is 32.2. The minimum Gasteiger partial charge on any atom is -0.423 e. The van der Waals surface area contributed by atoms with Gasteiger partial charge in [0.05, 0.1) is 11.2 Å². The number of hydrogen-bond donors (Lipinski definition) is 2. The van der Waals surface area contributed by atoms with Crippen molar-refractivity contribution >= 4 is 37.1 Å². The molecule has 0 bridgehead atoms. The van der Waals surface area contributed by atoms with Gasteiger partial charge in [-0.25, -0.2) is 9.37 Å². The Bertz CT molecular complexity index is 1050. The first-order valence-electron chi connectivity index (χ1n) is 11.0. The zero-order chi connectivity index (χ0) is 28.8. The van der Waals surface area contributed by atoms with Crippen LogP contribution in [0.15, 0.2) is 36.4 Å². The van der Waals surface area contributed by atoms with E-state index in [1.54, 1.807) is 6.07 Å². The number of carbonyl (C=O) groups excluding carboxylic acids is 2. The fourth-order valence-electron chi connectivity index (χ4n) is 2.79. The van der Waals surface area contributed by atoms with Crippen molar-refractivity contribution in [2.75, 3.05) is 0 Å². The second-order valence-electron chi connectivity index (χ2n) is 9.02. The van der Waals surface area contributed by atoms with Crippen molar-refractivity contribution in [1.29, 1.82) is 0 Å². The van der Waals surface area contributed by atoms with Crippen LogP contribution in [0.2, 0.25) is 0 Å². The summed E-state index contributed by atoms with van der Waals surface area (Å²) in [6, 6.07) is 7.52. The molecular weight excluding hydrogens is 500 g/mol. The Balaban J connectivity index is 0.000000334. The average Bonchev–Trinajstić information content (AvgIpc) is 2.94. The summed E-state index contributed by atoms with van der Waals surface area (Å²) in [6.07, 6.45) is -4.48. The molecular formula is C23H29B2F4NO7. The Morgan fingerprint density at radius 3 is 1.78 bits per heavy atom. The molecule has 1 aromatic heterocycles. The molecule has 0 aliphatic carbocycles. The number of aryl methyl sites for hydroxylation is 1. The van der Waals surface area contributed by atoms with Crippen LogP contribution in [0.5, 0.6) is 0 Å². The molecule has 1 saturated heterocycles. The predicted octanol–water partition coefficient (Wildman–Crippen LogP) is 2.31. The highest BCUT2D eigenvalue weighted by Gasteiger charge is 2.52. The van der Waals surface area contributed by atoms with E-state index in [2.05, 4.69) is 9.72 Å². The lowest BCUT2D eigenvalue weighted by Crippen LogP contribution is -2.41. The molecule has 0 radical (unpaired) electrons. The lowest BCUT2D eigenvalue weighted by molar-refractivity contribution is -0.156. The van der Waals surface area contributed by atoms with Gasteiger partial charge in [-0.1, -0.05) is 12.1 Å². The summed E-state index contributed by atoms with van der Waals surface area (Å²) in [7, 11) is -2.33. The quantitative estimate of drug-likeness (QED) is 0.264. The first-order chi connectivity index (χ1) is 16.7. The molecule has 0 unspecified atom stereocenters. The van der Waals surface area contributed by atoms with E-state index in [4.69, 9.17) is 19.4 Å². The highest BCUT2D eigenvalue weighted by Crippen LogP contribution is 2.37. The number of nitrogens with zero attached hydrogens (tertiary/aromatic N) is 1. The number of esters is 2. The fraction of sp³-hybridized carbons (Fsp3) is 0.435. The number of halogens is 4. The molecule has 1 fully saturated rings. The number of benzene rings is 1. The molecule has 0 atom stereocenters. The molecule has 37 heavy (non-hydrogen) atoms. The molecule has 1 aliphatic rings. The van der Waals surface area contributed by atoms with E-state index in [-0.39, 0.29) is 11.5 Å². The maximum Gasteiger partial charge on any atom is 0.494 e.